The fourth-order valence-corrected chi connectivity index (χ4v) is 2.29. The molecule has 0 saturated carbocycles. The molecular formula is C17H13NO2. The first-order valence-electron chi connectivity index (χ1n) is 6.55. The van der Waals surface area contributed by atoms with Crippen LogP contribution in [0.3, 0.4) is 0 Å². The highest BCUT2D eigenvalue weighted by atomic mass is 16.1. The Bertz CT molecular complexity index is 702. The average Bonchev–Trinajstić information content (AvgIpc) is 2.50. The van der Waals surface area contributed by atoms with E-state index in [0.717, 1.165) is 5.56 Å². The maximum atomic E-state index is 12.2. The van der Waals surface area contributed by atoms with Crippen LogP contribution < -0.4 is 0 Å². The SMILES string of the molecule is O=C1CCC(=O)c2ccccc2N=C1c1ccccc1. The van der Waals surface area contributed by atoms with E-state index < -0.39 is 0 Å². The van der Waals surface area contributed by atoms with Gasteiger partial charge < -0.3 is 0 Å². The highest BCUT2D eigenvalue weighted by Crippen LogP contribution is 2.25. The first-order valence-corrected chi connectivity index (χ1v) is 6.55. The Morgan fingerprint density at radius 2 is 1.40 bits per heavy atom. The number of carbonyl (C=O) groups excluding carboxylic acids is 2. The molecule has 0 aliphatic carbocycles. The van der Waals surface area contributed by atoms with E-state index in [0.29, 0.717) is 17.0 Å². The van der Waals surface area contributed by atoms with Crippen molar-refractivity contribution in [3.63, 3.8) is 0 Å². The van der Waals surface area contributed by atoms with Crippen molar-refractivity contribution in [1.29, 1.82) is 0 Å². The molecule has 98 valence electrons. The monoisotopic (exact) mass is 263 g/mol. The molecule has 3 nitrogen and oxygen atoms in total. The van der Waals surface area contributed by atoms with Crippen LogP contribution in [-0.2, 0) is 4.79 Å². The van der Waals surface area contributed by atoms with Crippen LogP contribution in [-0.4, -0.2) is 17.3 Å². The summed E-state index contributed by atoms with van der Waals surface area (Å²) in [6.45, 7) is 0. The first-order chi connectivity index (χ1) is 9.75. The fourth-order valence-electron chi connectivity index (χ4n) is 2.29. The summed E-state index contributed by atoms with van der Waals surface area (Å²) in [6.07, 6.45) is 0.447. The smallest absolute Gasteiger partial charge is 0.182 e. The number of nitrogens with zero attached hydrogens (tertiary/aromatic N) is 1. The van der Waals surface area contributed by atoms with Gasteiger partial charge in [0.15, 0.2) is 11.6 Å². The van der Waals surface area contributed by atoms with Gasteiger partial charge in [0.1, 0.15) is 5.71 Å². The largest absolute Gasteiger partial charge is 0.294 e. The number of aliphatic imine (C=N–C) groups is 1. The Hall–Kier alpha value is -2.55. The molecule has 2 aromatic rings. The van der Waals surface area contributed by atoms with Gasteiger partial charge in [0.05, 0.1) is 5.69 Å². The van der Waals surface area contributed by atoms with Gasteiger partial charge in [0, 0.05) is 24.0 Å². The molecule has 0 amide bonds. The topological polar surface area (TPSA) is 46.5 Å². The zero-order valence-electron chi connectivity index (χ0n) is 10.9. The third kappa shape index (κ3) is 2.30. The van der Waals surface area contributed by atoms with Crippen LogP contribution in [0.25, 0.3) is 0 Å². The molecule has 0 saturated heterocycles. The van der Waals surface area contributed by atoms with Crippen molar-refractivity contribution in [1.82, 2.24) is 0 Å². The lowest BCUT2D eigenvalue weighted by atomic mass is 9.96. The third-order valence-corrected chi connectivity index (χ3v) is 3.33. The summed E-state index contributed by atoms with van der Waals surface area (Å²) in [7, 11) is 0. The van der Waals surface area contributed by atoms with Gasteiger partial charge >= 0.3 is 0 Å². The molecule has 1 heterocycles. The molecule has 0 atom stereocenters. The lowest BCUT2D eigenvalue weighted by Gasteiger charge is -2.12. The number of fused-ring (bicyclic) bond motifs is 1. The second kappa shape index (κ2) is 5.21. The lowest BCUT2D eigenvalue weighted by Crippen LogP contribution is -2.19. The van der Waals surface area contributed by atoms with Crippen molar-refractivity contribution < 1.29 is 9.59 Å². The van der Waals surface area contributed by atoms with Gasteiger partial charge in [0.25, 0.3) is 0 Å². The van der Waals surface area contributed by atoms with Gasteiger partial charge in [-0.3, -0.25) is 9.59 Å². The molecule has 0 fully saturated rings. The van der Waals surface area contributed by atoms with E-state index in [1.165, 1.54) is 0 Å². The quantitative estimate of drug-likeness (QED) is 0.792. The van der Waals surface area contributed by atoms with Crippen molar-refractivity contribution in [3.8, 4) is 0 Å². The Morgan fingerprint density at radius 1 is 0.750 bits per heavy atom. The van der Waals surface area contributed by atoms with E-state index >= 15 is 0 Å². The summed E-state index contributed by atoms with van der Waals surface area (Å²) in [4.78, 5) is 28.7. The van der Waals surface area contributed by atoms with Gasteiger partial charge in [-0.25, -0.2) is 4.99 Å². The Labute approximate surface area is 117 Å². The Kier molecular flexibility index (Phi) is 3.25. The number of benzene rings is 2. The van der Waals surface area contributed by atoms with E-state index in [9.17, 15) is 9.59 Å². The maximum Gasteiger partial charge on any atom is 0.182 e. The molecule has 0 N–H and O–H groups in total. The standard InChI is InChI=1S/C17H13NO2/c19-15-10-11-16(20)17(12-6-2-1-3-7-12)18-14-9-5-4-8-13(14)15/h1-9H,10-11H2. The van der Waals surface area contributed by atoms with Crippen LogP contribution in [0.1, 0.15) is 28.8 Å². The minimum Gasteiger partial charge on any atom is -0.294 e. The van der Waals surface area contributed by atoms with Gasteiger partial charge in [-0.1, -0.05) is 42.5 Å². The van der Waals surface area contributed by atoms with E-state index in [-0.39, 0.29) is 24.4 Å². The van der Waals surface area contributed by atoms with Crippen molar-refractivity contribution in [2.24, 2.45) is 4.99 Å². The number of hydrogen-bond donors (Lipinski definition) is 0. The molecule has 3 rings (SSSR count). The molecule has 0 spiro atoms. The summed E-state index contributed by atoms with van der Waals surface area (Å²) in [6, 6.07) is 16.6. The van der Waals surface area contributed by atoms with Gasteiger partial charge in [-0.05, 0) is 12.1 Å². The first kappa shape index (κ1) is 12.5. The predicted octanol–water partition coefficient (Wildman–Crippen LogP) is 3.35. The number of hydrogen-bond acceptors (Lipinski definition) is 3. The summed E-state index contributed by atoms with van der Waals surface area (Å²) >= 11 is 0. The number of ketones is 2. The van der Waals surface area contributed by atoms with Crippen LogP contribution in [0.5, 0.6) is 0 Å². The second-order valence-corrected chi connectivity index (χ2v) is 4.69. The van der Waals surface area contributed by atoms with E-state index in [4.69, 9.17) is 0 Å². The Morgan fingerprint density at radius 3 is 2.20 bits per heavy atom. The molecule has 0 radical (unpaired) electrons. The highest BCUT2D eigenvalue weighted by molar-refractivity contribution is 6.47. The van der Waals surface area contributed by atoms with E-state index in [2.05, 4.69) is 4.99 Å². The van der Waals surface area contributed by atoms with Gasteiger partial charge in [-0.2, -0.15) is 0 Å². The zero-order chi connectivity index (χ0) is 13.9. The minimum atomic E-state index is -0.0842. The van der Waals surface area contributed by atoms with E-state index in [1.807, 2.05) is 42.5 Å². The molecule has 1 aliphatic heterocycles. The third-order valence-electron chi connectivity index (χ3n) is 3.33. The predicted molar refractivity (Wildman–Crippen MR) is 77.7 cm³/mol. The molecule has 3 heteroatoms. The van der Waals surface area contributed by atoms with Crippen LogP contribution in [0.15, 0.2) is 59.6 Å². The summed E-state index contributed by atoms with van der Waals surface area (Å²) < 4.78 is 0. The average molecular weight is 263 g/mol. The molecule has 2 aromatic carbocycles. The minimum absolute atomic E-state index is 0.0233. The van der Waals surface area contributed by atoms with Gasteiger partial charge in [-0.15, -0.1) is 0 Å². The van der Waals surface area contributed by atoms with Crippen LogP contribution >= 0.6 is 0 Å². The van der Waals surface area contributed by atoms with Crippen molar-refractivity contribution >= 4 is 23.0 Å². The number of rotatable bonds is 1. The number of para-hydroxylation sites is 1. The van der Waals surface area contributed by atoms with Crippen molar-refractivity contribution in [3.05, 3.63) is 65.7 Å². The normalized spacial score (nSPS) is 15.1. The molecular weight excluding hydrogens is 250 g/mol. The van der Waals surface area contributed by atoms with Crippen LogP contribution in [0.2, 0.25) is 0 Å². The van der Waals surface area contributed by atoms with Crippen molar-refractivity contribution in [2.75, 3.05) is 0 Å². The maximum absolute atomic E-state index is 12.2. The molecule has 0 unspecified atom stereocenters. The van der Waals surface area contributed by atoms with Crippen LogP contribution in [0, 0.1) is 0 Å². The molecule has 0 aromatic heterocycles. The van der Waals surface area contributed by atoms with E-state index in [1.54, 1.807) is 12.1 Å². The fraction of sp³-hybridized carbons (Fsp3) is 0.118. The summed E-state index contributed by atoms with van der Waals surface area (Å²) in [5, 5.41) is 0. The summed E-state index contributed by atoms with van der Waals surface area (Å²) in [5.41, 5.74) is 2.39. The summed E-state index contributed by atoms with van der Waals surface area (Å²) in [5.74, 6) is -0.108. The number of carbonyl (C=O) groups is 2. The zero-order valence-corrected chi connectivity index (χ0v) is 10.9. The Balaban J connectivity index is 2.18. The highest BCUT2D eigenvalue weighted by Gasteiger charge is 2.21. The second-order valence-electron chi connectivity index (χ2n) is 4.69. The number of Topliss-reactive ketones (excluding diaryl/α,β-unsaturated/α-hetero) is 2. The molecule has 0 bridgehead atoms. The molecule has 20 heavy (non-hydrogen) atoms. The van der Waals surface area contributed by atoms with Gasteiger partial charge in [0.2, 0.25) is 0 Å². The van der Waals surface area contributed by atoms with Crippen LogP contribution in [0.4, 0.5) is 5.69 Å². The molecule has 1 aliphatic rings. The van der Waals surface area contributed by atoms with Crippen molar-refractivity contribution in [2.45, 2.75) is 12.8 Å². The lowest BCUT2D eigenvalue weighted by molar-refractivity contribution is -0.112.